The molecule has 0 spiro atoms. The monoisotopic (exact) mass is 178 g/mol. The quantitative estimate of drug-likeness (QED) is 0.622. The second-order valence-corrected chi connectivity index (χ2v) is 4.04. The molecule has 1 fully saturated rings. The van der Waals surface area contributed by atoms with E-state index in [4.69, 9.17) is 5.11 Å². The smallest absolute Gasteiger partial charge is 0.307 e. The molecule has 0 saturated carbocycles. The Balaban J connectivity index is 2.50. The predicted octanol–water partition coefficient (Wildman–Crippen LogP) is 1.12. The highest BCUT2D eigenvalue weighted by atomic mass is 32.2. The number of aliphatic carboxylic acids is 1. The average molecular weight is 178 g/mol. The van der Waals surface area contributed by atoms with Gasteiger partial charge in [0.15, 0.2) is 0 Å². The van der Waals surface area contributed by atoms with E-state index < -0.39 is 5.97 Å². The van der Waals surface area contributed by atoms with E-state index in [-0.39, 0.29) is 11.2 Å². The van der Waals surface area contributed by atoms with Crippen LogP contribution in [0.15, 0.2) is 0 Å². The second-order valence-electron chi connectivity index (χ2n) is 2.33. The van der Waals surface area contributed by atoms with E-state index in [9.17, 15) is 4.79 Å². The molecule has 1 N–H and O–H groups in total. The molecule has 0 bridgehead atoms. The minimum Gasteiger partial charge on any atom is -0.481 e. The Kier molecular flexibility index (Phi) is 2.92. The molecule has 2 nitrogen and oxygen atoms in total. The third-order valence-corrected chi connectivity index (χ3v) is 3.74. The first-order valence-electron chi connectivity index (χ1n) is 3.21. The maximum Gasteiger partial charge on any atom is 0.307 e. The Morgan fingerprint density at radius 3 is 2.90 bits per heavy atom. The van der Waals surface area contributed by atoms with Crippen LogP contribution >= 0.6 is 24.4 Å². The Morgan fingerprint density at radius 1 is 1.80 bits per heavy atom. The molecule has 1 aliphatic heterocycles. The maximum absolute atomic E-state index is 10.5. The molecule has 1 saturated heterocycles. The average Bonchev–Trinajstić information content (AvgIpc) is 2.33. The number of rotatable bonds is 2. The minimum atomic E-state index is -0.663. The molecule has 0 aromatic rings. The third-order valence-electron chi connectivity index (χ3n) is 1.71. The molecule has 0 radical (unpaired) electrons. The van der Waals surface area contributed by atoms with Gasteiger partial charge in [-0.1, -0.05) is 0 Å². The van der Waals surface area contributed by atoms with Crippen LogP contribution in [0.5, 0.6) is 0 Å². The third kappa shape index (κ3) is 1.61. The Hall–Kier alpha value is 0.170. The van der Waals surface area contributed by atoms with Crippen molar-refractivity contribution in [1.29, 1.82) is 0 Å². The fraction of sp³-hybridized carbons (Fsp3) is 0.833. The minimum absolute atomic E-state index is 0.150. The van der Waals surface area contributed by atoms with E-state index in [0.29, 0.717) is 5.75 Å². The van der Waals surface area contributed by atoms with Gasteiger partial charge in [-0.3, -0.25) is 4.79 Å². The summed E-state index contributed by atoms with van der Waals surface area (Å²) in [7, 11) is 0. The fourth-order valence-corrected chi connectivity index (χ4v) is 2.96. The van der Waals surface area contributed by atoms with Gasteiger partial charge < -0.3 is 5.11 Å². The SMILES string of the molecule is O=C(O)C1CCSC1CS. The van der Waals surface area contributed by atoms with Crippen molar-refractivity contribution >= 4 is 30.4 Å². The van der Waals surface area contributed by atoms with Crippen LogP contribution in [0.2, 0.25) is 0 Å². The van der Waals surface area contributed by atoms with Gasteiger partial charge in [-0.15, -0.1) is 0 Å². The van der Waals surface area contributed by atoms with Crippen molar-refractivity contribution in [2.75, 3.05) is 11.5 Å². The molecule has 1 aliphatic rings. The summed E-state index contributed by atoms with van der Waals surface area (Å²) in [6.07, 6.45) is 0.811. The summed E-state index contributed by atoms with van der Waals surface area (Å²) in [5, 5.41) is 8.90. The van der Waals surface area contributed by atoms with E-state index in [1.54, 1.807) is 11.8 Å². The van der Waals surface area contributed by atoms with Crippen LogP contribution in [0, 0.1) is 5.92 Å². The van der Waals surface area contributed by atoms with Crippen LogP contribution in [0.1, 0.15) is 6.42 Å². The van der Waals surface area contributed by atoms with E-state index in [1.165, 1.54) is 0 Å². The number of carbonyl (C=O) groups is 1. The molecular formula is C6H10O2S2. The van der Waals surface area contributed by atoms with Crippen molar-refractivity contribution in [3.63, 3.8) is 0 Å². The normalized spacial score (nSPS) is 32.5. The summed E-state index contributed by atoms with van der Waals surface area (Å²) >= 11 is 5.81. The molecule has 58 valence electrons. The standard InChI is InChI=1S/C6H10O2S2/c7-6(8)4-1-2-10-5(4)3-9/h4-5,9H,1-3H2,(H,7,8). The first kappa shape index (κ1) is 8.27. The molecule has 0 aliphatic carbocycles. The van der Waals surface area contributed by atoms with Gasteiger partial charge >= 0.3 is 5.97 Å². The zero-order valence-electron chi connectivity index (χ0n) is 5.49. The van der Waals surface area contributed by atoms with Crippen LogP contribution in [-0.4, -0.2) is 27.8 Å². The lowest BCUT2D eigenvalue weighted by Crippen LogP contribution is -2.22. The number of hydrogen-bond acceptors (Lipinski definition) is 3. The first-order valence-corrected chi connectivity index (χ1v) is 4.89. The van der Waals surface area contributed by atoms with E-state index >= 15 is 0 Å². The Morgan fingerprint density at radius 2 is 2.50 bits per heavy atom. The zero-order chi connectivity index (χ0) is 7.56. The second kappa shape index (κ2) is 3.53. The largest absolute Gasteiger partial charge is 0.481 e. The molecule has 4 heteroatoms. The number of thiol groups is 1. The molecule has 0 amide bonds. The van der Waals surface area contributed by atoms with Gasteiger partial charge in [0.1, 0.15) is 0 Å². The highest BCUT2D eigenvalue weighted by Gasteiger charge is 2.32. The summed E-state index contributed by atoms with van der Waals surface area (Å²) < 4.78 is 0. The molecule has 0 aromatic carbocycles. The zero-order valence-corrected chi connectivity index (χ0v) is 7.20. The van der Waals surface area contributed by atoms with Crippen LogP contribution in [0.4, 0.5) is 0 Å². The van der Waals surface area contributed by atoms with Crippen LogP contribution in [-0.2, 0) is 4.79 Å². The highest BCUT2D eigenvalue weighted by molar-refractivity contribution is 8.00. The number of hydrogen-bond donors (Lipinski definition) is 2. The number of thioether (sulfide) groups is 1. The first-order chi connectivity index (χ1) is 4.75. The number of carboxylic acid groups (broad SMARTS) is 1. The van der Waals surface area contributed by atoms with Gasteiger partial charge in [-0.05, 0) is 12.2 Å². The predicted molar refractivity (Wildman–Crippen MR) is 45.8 cm³/mol. The van der Waals surface area contributed by atoms with Crippen molar-refractivity contribution < 1.29 is 9.90 Å². The summed E-state index contributed by atoms with van der Waals surface area (Å²) in [4.78, 5) is 10.5. The lowest BCUT2D eigenvalue weighted by Gasteiger charge is -2.10. The van der Waals surface area contributed by atoms with Gasteiger partial charge in [0.2, 0.25) is 0 Å². The van der Waals surface area contributed by atoms with Crippen molar-refractivity contribution in [3.8, 4) is 0 Å². The lowest BCUT2D eigenvalue weighted by molar-refractivity contribution is -0.141. The molecule has 1 rings (SSSR count). The van der Waals surface area contributed by atoms with Crippen LogP contribution in [0.3, 0.4) is 0 Å². The van der Waals surface area contributed by atoms with Crippen molar-refractivity contribution in [2.45, 2.75) is 11.7 Å². The highest BCUT2D eigenvalue weighted by Crippen LogP contribution is 2.32. The number of carboxylic acids is 1. The molecule has 10 heavy (non-hydrogen) atoms. The fourth-order valence-electron chi connectivity index (χ4n) is 1.11. The summed E-state index contributed by atoms with van der Waals surface area (Å²) in [6, 6.07) is 0. The molecular weight excluding hydrogens is 168 g/mol. The molecule has 2 atom stereocenters. The van der Waals surface area contributed by atoms with Gasteiger partial charge in [0.05, 0.1) is 5.92 Å². The lowest BCUT2D eigenvalue weighted by atomic mass is 10.0. The van der Waals surface area contributed by atoms with Crippen LogP contribution in [0.25, 0.3) is 0 Å². The molecule has 1 heterocycles. The van der Waals surface area contributed by atoms with E-state index in [1.807, 2.05) is 0 Å². The van der Waals surface area contributed by atoms with Crippen molar-refractivity contribution in [1.82, 2.24) is 0 Å². The maximum atomic E-state index is 10.5. The van der Waals surface area contributed by atoms with Crippen molar-refractivity contribution in [3.05, 3.63) is 0 Å². The van der Waals surface area contributed by atoms with Gasteiger partial charge in [-0.25, -0.2) is 0 Å². The molecule has 0 aromatic heterocycles. The van der Waals surface area contributed by atoms with E-state index in [2.05, 4.69) is 12.6 Å². The van der Waals surface area contributed by atoms with Crippen LogP contribution < -0.4 is 0 Å². The van der Waals surface area contributed by atoms with E-state index in [0.717, 1.165) is 12.2 Å². The van der Waals surface area contributed by atoms with Gasteiger partial charge in [-0.2, -0.15) is 24.4 Å². The van der Waals surface area contributed by atoms with Gasteiger partial charge in [0, 0.05) is 11.0 Å². The summed E-state index contributed by atoms with van der Waals surface area (Å²) in [5.74, 6) is 0.843. The summed E-state index contributed by atoms with van der Waals surface area (Å²) in [5.41, 5.74) is 0. The molecule has 2 unspecified atom stereocenters. The Bertz CT molecular complexity index is 138. The summed E-state index contributed by atoms with van der Waals surface area (Å²) in [6.45, 7) is 0. The van der Waals surface area contributed by atoms with Crippen molar-refractivity contribution in [2.24, 2.45) is 5.92 Å². The van der Waals surface area contributed by atoms with Gasteiger partial charge in [0.25, 0.3) is 0 Å². The Labute approximate surface area is 69.8 Å². The topological polar surface area (TPSA) is 37.3 Å².